The van der Waals surface area contributed by atoms with E-state index in [-0.39, 0.29) is 4.99 Å². The van der Waals surface area contributed by atoms with Crippen molar-refractivity contribution < 1.29 is 4.74 Å². The van der Waals surface area contributed by atoms with Gasteiger partial charge in [-0.1, -0.05) is 28.1 Å². The molecule has 0 aliphatic carbocycles. The Labute approximate surface area is 127 Å². The number of pyridine rings is 1. The second-order valence-corrected chi connectivity index (χ2v) is 5.72. The molecule has 0 bridgehead atoms. The number of aromatic nitrogens is 1. The third-order valence-corrected chi connectivity index (χ3v) is 3.26. The van der Waals surface area contributed by atoms with Crippen molar-refractivity contribution in [3.63, 3.8) is 0 Å². The number of rotatable bonds is 3. The van der Waals surface area contributed by atoms with Crippen LogP contribution in [0.2, 0.25) is 0 Å². The highest BCUT2D eigenvalue weighted by Crippen LogP contribution is 2.28. The van der Waals surface area contributed by atoms with Gasteiger partial charge in [0.1, 0.15) is 16.5 Å². The fourth-order valence-corrected chi connectivity index (χ4v) is 2.22. The molecule has 0 spiro atoms. The highest BCUT2D eigenvalue weighted by Gasteiger charge is 2.08. The zero-order chi connectivity index (χ0) is 13.1. The summed E-state index contributed by atoms with van der Waals surface area (Å²) < 4.78 is 7.46. The minimum Gasteiger partial charge on any atom is -0.455 e. The maximum Gasteiger partial charge on any atom is 0.146 e. The van der Waals surface area contributed by atoms with E-state index in [1.807, 2.05) is 18.2 Å². The molecule has 2 aromatic rings. The predicted molar refractivity (Wildman–Crippen MR) is 82.0 cm³/mol. The maximum atomic E-state index is 5.73. The van der Waals surface area contributed by atoms with Crippen LogP contribution in [0.1, 0.15) is 5.56 Å². The normalized spacial score (nSPS) is 10.1. The van der Waals surface area contributed by atoms with Gasteiger partial charge in [-0.2, -0.15) is 0 Å². The van der Waals surface area contributed by atoms with Gasteiger partial charge in [0.25, 0.3) is 0 Å². The molecule has 0 saturated carbocycles. The zero-order valence-electron chi connectivity index (χ0n) is 9.06. The van der Waals surface area contributed by atoms with Gasteiger partial charge in [0.2, 0.25) is 0 Å². The molecule has 18 heavy (non-hydrogen) atoms. The molecule has 2 rings (SSSR count). The van der Waals surface area contributed by atoms with Gasteiger partial charge in [-0.3, -0.25) is 4.98 Å². The predicted octanol–water partition coefficient (Wildman–Crippen LogP) is 4.03. The van der Waals surface area contributed by atoms with Crippen LogP contribution in [0.25, 0.3) is 0 Å². The Hall–Kier alpha value is -0.980. The average Bonchev–Trinajstić information content (AvgIpc) is 2.31. The summed E-state index contributed by atoms with van der Waals surface area (Å²) in [5, 5.41) is 0. The highest BCUT2D eigenvalue weighted by molar-refractivity contribution is 9.10. The molecule has 0 aliphatic heterocycles. The molecule has 0 atom stereocenters. The summed E-state index contributed by atoms with van der Waals surface area (Å²) in [6.45, 7) is 0. The second-order valence-electron chi connectivity index (χ2n) is 3.45. The summed E-state index contributed by atoms with van der Waals surface area (Å²) in [6, 6.07) is 7.31. The molecule has 2 N–H and O–H groups in total. The third kappa shape index (κ3) is 3.28. The first-order chi connectivity index (χ1) is 8.56. The Balaban J connectivity index is 2.37. The monoisotopic (exact) mass is 386 g/mol. The highest BCUT2D eigenvalue weighted by atomic mass is 79.9. The fraction of sp³-hybridized carbons (Fsp3) is 0. The topological polar surface area (TPSA) is 48.1 Å². The number of nitrogens with zero attached hydrogens (tertiary/aromatic N) is 1. The van der Waals surface area contributed by atoms with E-state index < -0.39 is 0 Å². The quantitative estimate of drug-likeness (QED) is 0.807. The van der Waals surface area contributed by atoms with Crippen LogP contribution < -0.4 is 10.5 Å². The van der Waals surface area contributed by atoms with E-state index in [1.54, 1.807) is 18.5 Å². The molecule has 6 heteroatoms. The van der Waals surface area contributed by atoms with E-state index in [0.29, 0.717) is 17.1 Å². The van der Waals surface area contributed by atoms with E-state index in [9.17, 15) is 0 Å². The van der Waals surface area contributed by atoms with Crippen LogP contribution in [-0.4, -0.2) is 9.97 Å². The van der Waals surface area contributed by atoms with Crippen molar-refractivity contribution in [1.29, 1.82) is 0 Å². The molecular weight excluding hydrogens is 380 g/mol. The fourth-order valence-electron chi connectivity index (χ4n) is 1.36. The summed E-state index contributed by atoms with van der Waals surface area (Å²) in [5.41, 5.74) is 6.35. The average molecular weight is 388 g/mol. The number of thiocarbonyl (C=S) groups is 1. The minimum atomic E-state index is 0.286. The second kappa shape index (κ2) is 5.77. The van der Waals surface area contributed by atoms with Gasteiger partial charge < -0.3 is 10.5 Å². The van der Waals surface area contributed by atoms with Crippen LogP contribution in [-0.2, 0) is 0 Å². The third-order valence-electron chi connectivity index (χ3n) is 2.11. The first-order valence-electron chi connectivity index (χ1n) is 4.94. The van der Waals surface area contributed by atoms with Gasteiger partial charge >= 0.3 is 0 Å². The van der Waals surface area contributed by atoms with Gasteiger partial charge in [0, 0.05) is 15.1 Å². The molecule has 0 fully saturated rings. The van der Waals surface area contributed by atoms with E-state index in [4.69, 9.17) is 22.7 Å². The van der Waals surface area contributed by atoms with E-state index in [2.05, 4.69) is 36.8 Å². The first-order valence-corrected chi connectivity index (χ1v) is 6.93. The Morgan fingerprint density at radius 3 is 2.61 bits per heavy atom. The maximum absolute atomic E-state index is 5.73. The van der Waals surface area contributed by atoms with Crippen LogP contribution in [0.5, 0.6) is 11.5 Å². The van der Waals surface area contributed by atoms with E-state index in [1.165, 1.54) is 0 Å². The van der Waals surface area contributed by atoms with Crippen molar-refractivity contribution in [3.8, 4) is 11.5 Å². The molecule has 0 amide bonds. The Morgan fingerprint density at radius 1 is 1.17 bits per heavy atom. The van der Waals surface area contributed by atoms with Gasteiger partial charge in [0.05, 0.1) is 11.8 Å². The molecule has 0 aliphatic rings. The molecule has 92 valence electrons. The number of ether oxygens (including phenoxy) is 1. The summed E-state index contributed by atoms with van der Waals surface area (Å²) in [5.74, 6) is 1.22. The van der Waals surface area contributed by atoms with Gasteiger partial charge in [-0.15, -0.1) is 0 Å². The molecule has 1 heterocycles. The standard InChI is InChI=1S/C12H8Br2N2OS/c13-7-1-2-11(10(4-7)12(15)18)17-9-3-8(14)5-16-6-9/h1-6H,(H2,15,18). The lowest BCUT2D eigenvalue weighted by Gasteiger charge is -2.10. The molecule has 0 unspecified atom stereocenters. The molecule has 1 aromatic carbocycles. The minimum absolute atomic E-state index is 0.286. The van der Waals surface area contributed by atoms with Crippen molar-refractivity contribution >= 4 is 49.1 Å². The lowest BCUT2D eigenvalue weighted by atomic mass is 10.2. The molecular formula is C12H8Br2N2OS. The zero-order valence-corrected chi connectivity index (χ0v) is 13.0. The summed E-state index contributed by atoms with van der Waals surface area (Å²) in [6.07, 6.45) is 3.30. The lowest BCUT2D eigenvalue weighted by molar-refractivity contribution is 0.479. The number of hydrogen-bond acceptors (Lipinski definition) is 3. The Morgan fingerprint density at radius 2 is 1.94 bits per heavy atom. The summed E-state index contributed by atoms with van der Waals surface area (Å²) >= 11 is 11.7. The Bertz CT molecular complexity index is 604. The number of halogens is 2. The van der Waals surface area contributed by atoms with Crippen molar-refractivity contribution in [2.75, 3.05) is 0 Å². The smallest absolute Gasteiger partial charge is 0.146 e. The van der Waals surface area contributed by atoms with Gasteiger partial charge in [-0.05, 0) is 40.2 Å². The van der Waals surface area contributed by atoms with Gasteiger partial charge in [-0.25, -0.2) is 0 Å². The summed E-state index contributed by atoms with van der Waals surface area (Å²) in [4.78, 5) is 4.31. The van der Waals surface area contributed by atoms with Crippen LogP contribution in [0.4, 0.5) is 0 Å². The van der Waals surface area contributed by atoms with Crippen LogP contribution in [0, 0.1) is 0 Å². The van der Waals surface area contributed by atoms with Gasteiger partial charge in [0.15, 0.2) is 0 Å². The van der Waals surface area contributed by atoms with E-state index in [0.717, 1.165) is 8.95 Å². The lowest BCUT2D eigenvalue weighted by Crippen LogP contribution is -2.10. The van der Waals surface area contributed by atoms with Crippen LogP contribution in [0.15, 0.2) is 45.6 Å². The number of benzene rings is 1. The van der Waals surface area contributed by atoms with E-state index >= 15 is 0 Å². The van der Waals surface area contributed by atoms with Crippen molar-refractivity contribution in [1.82, 2.24) is 4.98 Å². The molecule has 1 aromatic heterocycles. The SMILES string of the molecule is NC(=S)c1cc(Br)ccc1Oc1cncc(Br)c1. The molecule has 0 saturated heterocycles. The number of nitrogens with two attached hydrogens (primary N) is 1. The Kier molecular flexibility index (Phi) is 4.31. The molecule has 0 radical (unpaired) electrons. The number of hydrogen-bond donors (Lipinski definition) is 1. The largest absolute Gasteiger partial charge is 0.455 e. The first kappa shape index (κ1) is 13.5. The van der Waals surface area contributed by atoms with Crippen LogP contribution >= 0.6 is 44.1 Å². The van der Waals surface area contributed by atoms with Crippen molar-refractivity contribution in [2.24, 2.45) is 5.73 Å². The van der Waals surface area contributed by atoms with Crippen LogP contribution in [0.3, 0.4) is 0 Å². The summed E-state index contributed by atoms with van der Waals surface area (Å²) in [7, 11) is 0. The van der Waals surface area contributed by atoms with Crippen molar-refractivity contribution in [2.45, 2.75) is 0 Å². The van der Waals surface area contributed by atoms with Crippen molar-refractivity contribution in [3.05, 3.63) is 51.2 Å². The molecule has 3 nitrogen and oxygen atoms in total.